The monoisotopic (exact) mass is 479 g/mol. The van der Waals surface area contributed by atoms with E-state index in [1.807, 2.05) is 0 Å². The van der Waals surface area contributed by atoms with Gasteiger partial charge in [0.05, 0.1) is 15.6 Å². The van der Waals surface area contributed by atoms with Crippen molar-refractivity contribution in [2.75, 3.05) is 13.2 Å². The fraction of sp³-hybridized carbons (Fsp3) is 0.333. The molecule has 0 amide bonds. The molecule has 1 aliphatic heterocycles. The van der Waals surface area contributed by atoms with Gasteiger partial charge in [-0.2, -0.15) is 4.72 Å². The first-order chi connectivity index (χ1) is 15.2. The molecular weight excluding hydrogens is 458 g/mol. The van der Waals surface area contributed by atoms with E-state index in [4.69, 9.17) is 25.8 Å². The number of aromatic nitrogens is 2. The molecule has 0 radical (unpaired) electrons. The average molecular weight is 480 g/mol. The Kier molecular flexibility index (Phi) is 6.27. The van der Waals surface area contributed by atoms with Gasteiger partial charge >= 0.3 is 5.97 Å². The topological polar surface area (TPSA) is 108 Å². The molecule has 1 N–H and O–H groups in total. The van der Waals surface area contributed by atoms with Crippen molar-refractivity contribution in [3.05, 3.63) is 53.4 Å². The van der Waals surface area contributed by atoms with E-state index >= 15 is 0 Å². The van der Waals surface area contributed by atoms with Crippen molar-refractivity contribution in [3.8, 4) is 11.5 Å². The van der Waals surface area contributed by atoms with Crippen LogP contribution in [0.5, 0.6) is 11.5 Å². The Bertz CT molecular complexity index is 1260. The van der Waals surface area contributed by atoms with E-state index in [9.17, 15) is 13.2 Å². The lowest BCUT2D eigenvalue weighted by molar-refractivity contribution is -0.148. The second-order valence-electron chi connectivity index (χ2n) is 7.60. The molecule has 9 nitrogen and oxygen atoms in total. The van der Waals surface area contributed by atoms with Crippen molar-refractivity contribution in [1.82, 2.24) is 14.1 Å². The number of rotatable bonds is 7. The van der Waals surface area contributed by atoms with Gasteiger partial charge in [0.2, 0.25) is 10.0 Å². The summed E-state index contributed by atoms with van der Waals surface area (Å²) in [5.74, 6) is -0.232. The number of sulfonamides is 1. The van der Waals surface area contributed by atoms with E-state index in [1.54, 1.807) is 42.8 Å². The fourth-order valence-electron chi connectivity index (χ4n) is 3.20. The minimum absolute atomic E-state index is 0.0302. The standard InChI is InChI=1S/C21H22ClN3O6S/c1-13(2)20(21(26)31-12-15-11-25-10-14(22)3-6-19(25)23-15)24-32(27,28)16-4-5-17-18(9-16)30-8-7-29-17/h3-6,9-11,13,20,24H,7-8,12H2,1-2H3/t20-/m1/s1. The number of carbonyl (C=O) groups excluding carboxylic acids is 1. The fourth-order valence-corrected chi connectivity index (χ4v) is 4.72. The van der Waals surface area contributed by atoms with E-state index in [0.29, 0.717) is 41.1 Å². The van der Waals surface area contributed by atoms with Gasteiger partial charge in [0, 0.05) is 18.5 Å². The van der Waals surface area contributed by atoms with Gasteiger partial charge in [0.25, 0.3) is 0 Å². The van der Waals surface area contributed by atoms with Gasteiger partial charge < -0.3 is 18.6 Å². The molecule has 0 spiro atoms. The van der Waals surface area contributed by atoms with Crippen LogP contribution in [0.15, 0.2) is 47.6 Å². The first kappa shape index (κ1) is 22.4. The highest BCUT2D eigenvalue weighted by Crippen LogP contribution is 2.32. The van der Waals surface area contributed by atoms with Crippen LogP contribution in [0.2, 0.25) is 5.02 Å². The van der Waals surface area contributed by atoms with Crippen LogP contribution in [0, 0.1) is 5.92 Å². The van der Waals surface area contributed by atoms with Crippen LogP contribution in [0.3, 0.4) is 0 Å². The number of esters is 1. The molecule has 2 aromatic heterocycles. The number of nitrogens with zero attached hydrogens (tertiary/aromatic N) is 2. The molecule has 0 bridgehead atoms. The number of ether oxygens (including phenoxy) is 3. The zero-order chi connectivity index (χ0) is 22.9. The lowest BCUT2D eigenvalue weighted by atomic mass is 10.1. The third-order valence-corrected chi connectivity index (χ3v) is 6.52. The van der Waals surface area contributed by atoms with Crippen molar-refractivity contribution in [2.24, 2.45) is 5.92 Å². The first-order valence-corrected chi connectivity index (χ1v) is 11.8. The summed E-state index contributed by atoms with van der Waals surface area (Å²) in [4.78, 5) is 17.0. The number of hydrogen-bond acceptors (Lipinski definition) is 7. The molecule has 0 unspecified atom stereocenters. The number of halogens is 1. The maximum Gasteiger partial charge on any atom is 0.324 e. The summed E-state index contributed by atoms with van der Waals surface area (Å²) in [6.45, 7) is 4.08. The lowest BCUT2D eigenvalue weighted by Crippen LogP contribution is -2.45. The van der Waals surface area contributed by atoms with E-state index in [1.165, 1.54) is 18.2 Å². The smallest absolute Gasteiger partial charge is 0.324 e. The average Bonchev–Trinajstić information content (AvgIpc) is 3.17. The number of nitrogens with one attached hydrogen (secondary N) is 1. The molecule has 0 aliphatic carbocycles. The van der Waals surface area contributed by atoms with Gasteiger partial charge in [-0.25, -0.2) is 13.4 Å². The zero-order valence-corrected chi connectivity index (χ0v) is 19.0. The first-order valence-electron chi connectivity index (χ1n) is 9.95. The highest BCUT2D eigenvalue weighted by atomic mass is 35.5. The Morgan fingerprint density at radius 1 is 1.19 bits per heavy atom. The second-order valence-corrected chi connectivity index (χ2v) is 9.75. The molecule has 1 aromatic carbocycles. The minimum Gasteiger partial charge on any atom is -0.486 e. The van der Waals surface area contributed by atoms with Gasteiger partial charge in [-0.15, -0.1) is 0 Å². The SMILES string of the molecule is CC(C)[C@@H](NS(=O)(=O)c1ccc2c(c1)OCCO2)C(=O)OCc1cn2cc(Cl)ccc2n1. The molecule has 1 atom stereocenters. The third kappa shape index (κ3) is 4.82. The predicted octanol–water partition coefficient (Wildman–Crippen LogP) is 2.81. The van der Waals surface area contributed by atoms with E-state index in [-0.39, 0.29) is 17.4 Å². The number of carbonyl (C=O) groups is 1. The highest BCUT2D eigenvalue weighted by Gasteiger charge is 2.30. The summed E-state index contributed by atoms with van der Waals surface area (Å²) in [6.07, 6.45) is 3.38. The van der Waals surface area contributed by atoms with Crippen LogP contribution in [-0.2, 0) is 26.2 Å². The molecule has 11 heteroatoms. The Morgan fingerprint density at radius 2 is 1.94 bits per heavy atom. The zero-order valence-electron chi connectivity index (χ0n) is 17.4. The van der Waals surface area contributed by atoms with Crippen molar-refractivity contribution < 1.29 is 27.4 Å². The van der Waals surface area contributed by atoms with E-state index < -0.39 is 22.0 Å². The number of imidazole rings is 1. The number of fused-ring (bicyclic) bond motifs is 2. The van der Waals surface area contributed by atoms with Crippen LogP contribution in [-0.4, -0.2) is 43.0 Å². The summed E-state index contributed by atoms with van der Waals surface area (Å²) in [6, 6.07) is 6.68. The molecule has 1 aliphatic rings. The van der Waals surface area contributed by atoms with Crippen molar-refractivity contribution >= 4 is 33.2 Å². The highest BCUT2D eigenvalue weighted by molar-refractivity contribution is 7.89. The predicted molar refractivity (Wildman–Crippen MR) is 116 cm³/mol. The lowest BCUT2D eigenvalue weighted by Gasteiger charge is -2.22. The van der Waals surface area contributed by atoms with E-state index in [2.05, 4.69) is 9.71 Å². The maximum atomic E-state index is 12.9. The van der Waals surface area contributed by atoms with Crippen LogP contribution in [0.4, 0.5) is 0 Å². The van der Waals surface area contributed by atoms with Crippen molar-refractivity contribution in [2.45, 2.75) is 31.4 Å². The van der Waals surface area contributed by atoms with Gasteiger partial charge in [-0.1, -0.05) is 25.4 Å². The molecule has 32 heavy (non-hydrogen) atoms. The molecule has 0 saturated carbocycles. The summed E-state index contributed by atoms with van der Waals surface area (Å²) >= 11 is 5.97. The number of hydrogen-bond donors (Lipinski definition) is 1. The number of pyridine rings is 1. The molecule has 0 fully saturated rings. The molecule has 4 rings (SSSR count). The summed E-state index contributed by atoms with van der Waals surface area (Å²) in [5, 5.41) is 0.548. The van der Waals surface area contributed by atoms with Crippen LogP contribution in [0.25, 0.3) is 5.65 Å². The quantitative estimate of drug-likeness (QED) is 0.519. The van der Waals surface area contributed by atoms with E-state index in [0.717, 1.165) is 0 Å². The molecular formula is C21H22ClN3O6S. The van der Waals surface area contributed by atoms with Crippen LogP contribution >= 0.6 is 11.6 Å². The third-order valence-electron chi connectivity index (χ3n) is 4.85. The van der Waals surface area contributed by atoms with Gasteiger partial charge in [-0.05, 0) is 30.2 Å². The molecule has 3 heterocycles. The Morgan fingerprint density at radius 3 is 2.69 bits per heavy atom. The molecule has 170 valence electrons. The summed E-state index contributed by atoms with van der Waals surface area (Å²) < 4.78 is 46.2. The molecule has 3 aromatic rings. The summed E-state index contributed by atoms with van der Waals surface area (Å²) in [7, 11) is -4.01. The van der Waals surface area contributed by atoms with Crippen molar-refractivity contribution in [1.29, 1.82) is 0 Å². The Hall–Kier alpha value is -2.82. The van der Waals surface area contributed by atoms with Gasteiger partial charge in [0.15, 0.2) is 11.5 Å². The van der Waals surface area contributed by atoms with Crippen LogP contribution < -0.4 is 14.2 Å². The number of benzene rings is 1. The second kappa shape index (κ2) is 8.97. The van der Waals surface area contributed by atoms with Crippen molar-refractivity contribution in [3.63, 3.8) is 0 Å². The largest absolute Gasteiger partial charge is 0.486 e. The normalized spacial score (nSPS) is 14.5. The Balaban J connectivity index is 1.46. The minimum atomic E-state index is -4.01. The maximum absolute atomic E-state index is 12.9. The summed E-state index contributed by atoms with van der Waals surface area (Å²) in [5.41, 5.74) is 1.16. The van der Waals surface area contributed by atoms with Crippen LogP contribution in [0.1, 0.15) is 19.5 Å². The van der Waals surface area contributed by atoms with Gasteiger partial charge in [0.1, 0.15) is 31.5 Å². The van der Waals surface area contributed by atoms with Gasteiger partial charge in [-0.3, -0.25) is 4.79 Å². The molecule has 0 saturated heterocycles. The Labute approximate surface area is 190 Å².